The number of aryl methyl sites for hydroxylation is 4. The molecule has 0 fully saturated rings. The Morgan fingerprint density at radius 2 is 1.88 bits per heavy atom. The molecule has 0 saturated carbocycles. The number of alkyl halides is 2. The Morgan fingerprint density at radius 3 is 2.54 bits per heavy atom. The highest BCUT2D eigenvalue weighted by atomic mass is 19.3. The number of pyridine rings is 1. The third kappa shape index (κ3) is 3.42. The van der Waals surface area contributed by atoms with Gasteiger partial charge < -0.3 is 5.32 Å². The van der Waals surface area contributed by atoms with Crippen LogP contribution in [0.1, 0.15) is 34.5 Å². The number of nitrogens with zero attached hydrogens (tertiary/aromatic N) is 3. The van der Waals surface area contributed by atoms with Crippen LogP contribution in [0.15, 0.2) is 24.3 Å². The first-order valence-electron chi connectivity index (χ1n) is 8.26. The Labute approximate surface area is 150 Å². The lowest BCUT2D eigenvalue weighted by atomic mass is 10.1. The van der Waals surface area contributed by atoms with Gasteiger partial charge in [-0.3, -0.25) is 4.79 Å². The number of anilines is 1. The average molecular weight is 358 g/mol. The molecule has 26 heavy (non-hydrogen) atoms. The van der Waals surface area contributed by atoms with Crippen LogP contribution in [0.4, 0.5) is 14.5 Å². The molecule has 2 aromatic heterocycles. The van der Waals surface area contributed by atoms with Crippen molar-refractivity contribution in [2.75, 3.05) is 5.32 Å². The third-order valence-electron chi connectivity index (χ3n) is 4.36. The third-order valence-corrected chi connectivity index (χ3v) is 4.36. The number of rotatable bonds is 4. The molecule has 0 saturated heterocycles. The van der Waals surface area contributed by atoms with E-state index in [1.807, 2.05) is 32.0 Å². The smallest absolute Gasteiger partial charge is 0.264 e. The summed E-state index contributed by atoms with van der Waals surface area (Å²) in [5.74, 6) is -0.292. The van der Waals surface area contributed by atoms with Gasteiger partial charge in [0.15, 0.2) is 5.65 Å². The van der Waals surface area contributed by atoms with Crippen molar-refractivity contribution in [1.29, 1.82) is 0 Å². The first kappa shape index (κ1) is 18.0. The maximum atomic E-state index is 13.3. The van der Waals surface area contributed by atoms with E-state index in [2.05, 4.69) is 15.4 Å². The first-order chi connectivity index (χ1) is 12.3. The van der Waals surface area contributed by atoms with Crippen LogP contribution in [-0.2, 0) is 11.3 Å². The van der Waals surface area contributed by atoms with Crippen LogP contribution < -0.4 is 5.32 Å². The molecule has 136 valence electrons. The summed E-state index contributed by atoms with van der Waals surface area (Å²) in [6, 6.07) is 7.00. The van der Waals surface area contributed by atoms with Crippen molar-refractivity contribution < 1.29 is 13.6 Å². The van der Waals surface area contributed by atoms with Crippen LogP contribution in [-0.4, -0.2) is 20.7 Å². The second kappa shape index (κ2) is 6.82. The number of fused-ring (bicyclic) bond motifs is 1. The first-order valence-corrected chi connectivity index (χ1v) is 8.26. The fourth-order valence-corrected chi connectivity index (χ4v) is 2.96. The van der Waals surface area contributed by atoms with Crippen molar-refractivity contribution in [2.24, 2.45) is 0 Å². The number of aromatic nitrogens is 3. The van der Waals surface area contributed by atoms with E-state index in [0.29, 0.717) is 28.1 Å². The monoisotopic (exact) mass is 358 g/mol. The van der Waals surface area contributed by atoms with E-state index >= 15 is 0 Å². The van der Waals surface area contributed by atoms with Crippen molar-refractivity contribution >= 4 is 22.6 Å². The van der Waals surface area contributed by atoms with E-state index in [-0.39, 0.29) is 18.0 Å². The quantitative estimate of drug-likeness (QED) is 0.759. The van der Waals surface area contributed by atoms with Crippen LogP contribution >= 0.6 is 0 Å². The van der Waals surface area contributed by atoms with Gasteiger partial charge in [0.1, 0.15) is 6.54 Å². The maximum absolute atomic E-state index is 13.3. The summed E-state index contributed by atoms with van der Waals surface area (Å²) in [7, 11) is 0. The molecule has 0 atom stereocenters. The Balaban J connectivity index is 1.91. The highest BCUT2D eigenvalue weighted by molar-refractivity contribution is 5.92. The van der Waals surface area contributed by atoms with Gasteiger partial charge in [0.05, 0.1) is 11.1 Å². The lowest BCUT2D eigenvalue weighted by molar-refractivity contribution is -0.116. The zero-order valence-electron chi connectivity index (χ0n) is 15.1. The molecule has 1 amide bonds. The van der Waals surface area contributed by atoms with Crippen molar-refractivity contribution in [1.82, 2.24) is 14.8 Å². The number of carbonyl (C=O) groups is 1. The fourth-order valence-electron chi connectivity index (χ4n) is 2.96. The molecule has 1 N–H and O–H groups in total. The molecule has 3 rings (SSSR count). The van der Waals surface area contributed by atoms with E-state index in [1.54, 1.807) is 13.8 Å². The molecular formula is C19H20F2N4O. The minimum absolute atomic E-state index is 0.101. The Hall–Kier alpha value is -2.83. The molecule has 0 bridgehead atoms. The van der Waals surface area contributed by atoms with Gasteiger partial charge >= 0.3 is 0 Å². The number of hydrogen-bond acceptors (Lipinski definition) is 3. The van der Waals surface area contributed by atoms with Gasteiger partial charge in [-0.15, -0.1) is 0 Å². The van der Waals surface area contributed by atoms with Crippen LogP contribution in [0.2, 0.25) is 0 Å². The molecule has 1 aromatic carbocycles. The predicted octanol–water partition coefficient (Wildman–Crippen LogP) is 4.24. The SMILES string of the molecule is Cc1cc(C(F)F)c2c(C)nn(CC(=O)Nc3ccc(C)c(C)c3)c2n1. The molecule has 7 heteroatoms. The minimum atomic E-state index is -2.63. The van der Waals surface area contributed by atoms with Gasteiger partial charge in [0.2, 0.25) is 5.91 Å². The Kier molecular flexibility index (Phi) is 4.71. The van der Waals surface area contributed by atoms with Crippen LogP contribution in [0.5, 0.6) is 0 Å². The molecule has 0 aliphatic heterocycles. The second-order valence-electron chi connectivity index (χ2n) is 6.44. The number of amides is 1. The predicted molar refractivity (Wildman–Crippen MR) is 96.5 cm³/mol. The summed E-state index contributed by atoms with van der Waals surface area (Å²) < 4.78 is 28.1. The zero-order valence-corrected chi connectivity index (χ0v) is 15.1. The maximum Gasteiger partial charge on any atom is 0.264 e. The van der Waals surface area contributed by atoms with Gasteiger partial charge in [-0.25, -0.2) is 18.4 Å². The average Bonchev–Trinajstić information content (AvgIpc) is 2.85. The van der Waals surface area contributed by atoms with E-state index in [9.17, 15) is 13.6 Å². The second-order valence-corrected chi connectivity index (χ2v) is 6.44. The summed E-state index contributed by atoms with van der Waals surface area (Å²) in [4.78, 5) is 16.7. The zero-order chi connectivity index (χ0) is 19.0. The molecular weight excluding hydrogens is 338 g/mol. The number of carbonyl (C=O) groups excluding carboxylic acids is 1. The summed E-state index contributed by atoms with van der Waals surface area (Å²) in [6.07, 6.45) is -2.63. The summed E-state index contributed by atoms with van der Waals surface area (Å²) in [6.45, 7) is 7.15. The fraction of sp³-hybridized carbons (Fsp3) is 0.316. The van der Waals surface area contributed by atoms with E-state index in [0.717, 1.165) is 11.1 Å². The van der Waals surface area contributed by atoms with E-state index < -0.39 is 6.43 Å². The highest BCUT2D eigenvalue weighted by Crippen LogP contribution is 2.29. The topological polar surface area (TPSA) is 59.8 Å². The van der Waals surface area contributed by atoms with E-state index in [4.69, 9.17) is 0 Å². The molecule has 0 aliphatic rings. The van der Waals surface area contributed by atoms with Crippen molar-refractivity contribution in [3.05, 3.63) is 52.3 Å². The normalized spacial score (nSPS) is 11.3. The van der Waals surface area contributed by atoms with Gasteiger partial charge in [-0.05, 0) is 57.0 Å². The van der Waals surface area contributed by atoms with Gasteiger partial charge in [-0.2, -0.15) is 5.10 Å². The summed E-state index contributed by atoms with van der Waals surface area (Å²) >= 11 is 0. The number of benzene rings is 1. The summed E-state index contributed by atoms with van der Waals surface area (Å²) in [5.41, 5.74) is 3.98. The number of hydrogen-bond donors (Lipinski definition) is 1. The van der Waals surface area contributed by atoms with Gasteiger partial charge in [-0.1, -0.05) is 6.07 Å². The largest absolute Gasteiger partial charge is 0.324 e. The molecule has 0 radical (unpaired) electrons. The number of nitrogens with one attached hydrogen (secondary N) is 1. The Bertz CT molecular complexity index is 995. The molecule has 2 heterocycles. The molecule has 0 unspecified atom stereocenters. The minimum Gasteiger partial charge on any atom is -0.324 e. The molecule has 3 aromatic rings. The molecule has 0 aliphatic carbocycles. The van der Waals surface area contributed by atoms with Crippen molar-refractivity contribution in [2.45, 2.75) is 40.7 Å². The van der Waals surface area contributed by atoms with Crippen molar-refractivity contribution in [3.8, 4) is 0 Å². The Morgan fingerprint density at radius 1 is 1.15 bits per heavy atom. The molecule has 5 nitrogen and oxygen atoms in total. The molecule has 0 spiro atoms. The highest BCUT2D eigenvalue weighted by Gasteiger charge is 2.20. The van der Waals surface area contributed by atoms with Gasteiger partial charge in [0, 0.05) is 16.9 Å². The van der Waals surface area contributed by atoms with E-state index in [1.165, 1.54) is 10.7 Å². The van der Waals surface area contributed by atoms with Gasteiger partial charge in [0.25, 0.3) is 6.43 Å². The standard InChI is InChI=1S/C19H20F2N4O/c1-10-5-6-14(7-11(10)2)23-16(26)9-25-19-17(13(4)24-25)15(18(20)21)8-12(3)22-19/h5-8,18H,9H2,1-4H3,(H,23,26). The lowest BCUT2D eigenvalue weighted by Crippen LogP contribution is -2.20. The van der Waals surface area contributed by atoms with Crippen molar-refractivity contribution in [3.63, 3.8) is 0 Å². The number of halogens is 2. The van der Waals surface area contributed by atoms with Crippen LogP contribution in [0.25, 0.3) is 11.0 Å². The lowest BCUT2D eigenvalue weighted by Gasteiger charge is -2.09. The summed E-state index contributed by atoms with van der Waals surface area (Å²) in [5, 5.41) is 7.37. The van der Waals surface area contributed by atoms with Crippen LogP contribution in [0.3, 0.4) is 0 Å². The van der Waals surface area contributed by atoms with Crippen LogP contribution in [0, 0.1) is 27.7 Å².